The second-order valence-electron chi connectivity index (χ2n) is 4.13. The van der Waals surface area contributed by atoms with Crippen molar-refractivity contribution in [3.63, 3.8) is 0 Å². The molecule has 0 spiro atoms. The van der Waals surface area contributed by atoms with E-state index in [4.69, 9.17) is 0 Å². The third-order valence-electron chi connectivity index (χ3n) is 2.19. The molecule has 0 fully saturated rings. The first kappa shape index (κ1) is 12.5. The molecular formula is C12H19NOS. The predicted molar refractivity (Wildman–Crippen MR) is 65.0 cm³/mol. The molecule has 0 bridgehead atoms. The molecule has 1 heterocycles. The van der Waals surface area contributed by atoms with Crippen LogP contribution in [0.25, 0.3) is 0 Å². The van der Waals surface area contributed by atoms with Gasteiger partial charge in [-0.3, -0.25) is 0 Å². The number of aromatic nitrogens is 1. The molecule has 0 aliphatic heterocycles. The highest BCUT2D eigenvalue weighted by Crippen LogP contribution is 2.21. The highest BCUT2D eigenvalue weighted by atomic mass is 32.2. The van der Waals surface area contributed by atoms with Crippen LogP contribution in [0.15, 0.2) is 23.4 Å². The Kier molecular flexibility index (Phi) is 5.12. The van der Waals surface area contributed by atoms with Gasteiger partial charge in [0.15, 0.2) is 0 Å². The molecule has 0 saturated heterocycles. The van der Waals surface area contributed by atoms with Crippen molar-refractivity contribution in [1.82, 2.24) is 4.98 Å². The fraction of sp³-hybridized carbons (Fsp3) is 0.583. The second-order valence-corrected chi connectivity index (χ2v) is 5.25. The number of aliphatic hydroxyl groups excluding tert-OH is 1. The first-order valence-electron chi connectivity index (χ1n) is 5.36. The SMILES string of the molecule is CC(C)CCSc1cc([C@H](C)O)ccn1. The topological polar surface area (TPSA) is 33.1 Å². The highest BCUT2D eigenvalue weighted by molar-refractivity contribution is 7.99. The third-order valence-corrected chi connectivity index (χ3v) is 3.15. The lowest BCUT2D eigenvalue weighted by Crippen LogP contribution is -1.94. The van der Waals surface area contributed by atoms with E-state index in [-0.39, 0.29) is 0 Å². The Morgan fingerprint density at radius 2 is 2.13 bits per heavy atom. The van der Waals surface area contributed by atoms with Gasteiger partial charge in [0.05, 0.1) is 11.1 Å². The van der Waals surface area contributed by atoms with Gasteiger partial charge in [0.25, 0.3) is 0 Å². The Bertz CT molecular complexity index is 299. The van der Waals surface area contributed by atoms with Crippen LogP contribution < -0.4 is 0 Å². The minimum Gasteiger partial charge on any atom is -0.389 e. The molecule has 1 atom stereocenters. The maximum absolute atomic E-state index is 9.42. The van der Waals surface area contributed by atoms with Crippen LogP contribution in [-0.4, -0.2) is 15.8 Å². The molecule has 1 N–H and O–H groups in total. The van der Waals surface area contributed by atoms with E-state index in [0.29, 0.717) is 0 Å². The van der Waals surface area contributed by atoms with Crippen LogP contribution in [-0.2, 0) is 0 Å². The van der Waals surface area contributed by atoms with Crippen molar-refractivity contribution in [3.8, 4) is 0 Å². The van der Waals surface area contributed by atoms with Crippen molar-refractivity contribution >= 4 is 11.8 Å². The summed E-state index contributed by atoms with van der Waals surface area (Å²) in [7, 11) is 0. The fourth-order valence-electron chi connectivity index (χ4n) is 1.16. The van der Waals surface area contributed by atoms with E-state index in [1.54, 1.807) is 24.9 Å². The van der Waals surface area contributed by atoms with E-state index in [1.807, 2.05) is 12.1 Å². The van der Waals surface area contributed by atoms with Crippen LogP contribution in [0.2, 0.25) is 0 Å². The summed E-state index contributed by atoms with van der Waals surface area (Å²) in [6.45, 7) is 6.22. The first-order valence-corrected chi connectivity index (χ1v) is 6.35. The van der Waals surface area contributed by atoms with Gasteiger partial charge in [0, 0.05) is 6.20 Å². The summed E-state index contributed by atoms with van der Waals surface area (Å²) in [6, 6.07) is 3.83. The van der Waals surface area contributed by atoms with E-state index in [2.05, 4.69) is 18.8 Å². The molecule has 3 heteroatoms. The van der Waals surface area contributed by atoms with Crippen molar-refractivity contribution in [2.24, 2.45) is 5.92 Å². The van der Waals surface area contributed by atoms with Gasteiger partial charge < -0.3 is 5.11 Å². The van der Waals surface area contributed by atoms with Gasteiger partial charge in [-0.2, -0.15) is 0 Å². The molecule has 84 valence electrons. The molecule has 0 aliphatic carbocycles. The Hall–Kier alpha value is -0.540. The molecular weight excluding hydrogens is 206 g/mol. The second kappa shape index (κ2) is 6.13. The quantitative estimate of drug-likeness (QED) is 0.781. The average molecular weight is 225 g/mol. The van der Waals surface area contributed by atoms with Crippen molar-refractivity contribution in [2.45, 2.75) is 38.3 Å². The van der Waals surface area contributed by atoms with E-state index in [1.165, 1.54) is 6.42 Å². The molecule has 0 amide bonds. The van der Waals surface area contributed by atoms with Crippen LogP contribution in [0.5, 0.6) is 0 Å². The Balaban J connectivity index is 2.50. The Morgan fingerprint density at radius 3 is 2.73 bits per heavy atom. The van der Waals surface area contributed by atoms with E-state index >= 15 is 0 Å². The number of thioether (sulfide) groups is 1. The van der Waals surface area contributed by atoms with Crippen LogP contribution in [0.3, 0.4) is 0 Å². The number of hydrogen-bond acceptors (Lipinski definition) is 3. The number of rotatable bonds is 5. The van der Waals surface area contributed by atoms with Crippen LogP contribution in [0, 0.1) is 5.92 Å². The summed E-state index contributed by atoms with van der Waals surface area (Å²) in [4.78, 5) is 4.27. The Morgan fingerprint density at radius 1 is 1.40 bits per heavy atom. The minimum absolute atomic E-state index is 0.405. The molecule has 1 aromatic rings. The van der Waals surface area contributed by atoms with Crippen molar-refractivity contribution in [2.75, 3.05) is 5.75 Å². The van der Waals surface area contributed by atoms with E-state index < -0.39 is 6.10 Å². The lowest BCUT2D eigenvalue weighted by atomic mass is 10.2. The fourth-order valence-corrected chi connectivity index (χ4v) is 2.32. The van der Waals surface area contributed by atoms with Gasteiger partial charge in [-0.25, -0.2) is 4.98 Å². The van der Waals surface area contributed by atoms with Crippen LogP contribution in [0.4, 0.5) is 0 Å². The van der Waals surface area contributed by atoms with E-state index in [9.17, 15) is 5.11 Å². The van der Waals surface area contributed by atoms with Gasteiger partial charge in [-0.1, -0.05) is 13.8 Å². The molecule has 0 saturated carbocycles. The van der Waals surface area contributed by atoms with E-state index in [0.717, 1.165) is 22.3 Å². The molecule has 0 aromatic carbocycles. The molecule has 1 aromatic heterocycles. The standard InChI is InChI=1S/C12H19NOS/c1-9(2)5-7-15-12-8-11(10(3)14)4-6-13-12/h4,6,8-10,14H,5,7H2,1-3H3/t10-/m0/s1. The van der Waals surface area contributed by atoms with Gasteiger partial charge >= 0.3 is 0 Å². The first-order chi connectivity index (χ1) is 7.09. The lowest BCUT2D eigenvalue weighted by molar-refractivity contribution is 0.199. The monoisotopic (exact) mass is 225 g/mol. The lowest BCUT2D eigenvalue weighted by Gasteiger charge is -2.07. The molecule has 15 heavy (non-hydrogen) atoms. The van der Waals surface area contributed by atoms with Crippen molar-refractivity contribution in [1.29, 1.82) is 0 Å². The average Bonchev–Trinajstić information content (AvgIpc) is 2.17. The third kappa shape index (κ3) is 4.67. The summed E-state index contributed by atoms with van der Waals surface area (Å²) in [6.07, 6.45) is 2.56. The predicted octanol–water partition coefficient (Wildman–Crippen LogP) is 3.27. The maximum Gasteiger partial charge on any atom is 0.0963 e. The normalized spacial score (nSPS) is 13.1. The molecule has 0 aliphatic rings. The van der Waals surface area contributed by atoms with Crippen LogP contribution in [0.1, 0.15) is 38.9 Å². The zero-order chi connectivity index (χ0) is 11.3. The maximum atomic E-state index is 9.42. The largest absolute Gasteiger partial charge is 0.389 e. The van der Waals surface area contributed by atoms with Crippen LogP contribution >= 0.6 is 11.8 Å². The van der Waals surface area contributed by atoms with Gasteiger partial charge in [0.2, 0.25) is 0 Å². The smallest absolute Gasteiger partial charge is 0.0963 e. The zero-order valence-corrected chi connectivity index (χ0v) is 10.4. The molecule has 1 rings (SSSR count). The summed E-state index contributed by atoms with van der Waals surface area (Å²) < 4.78 is 0. The Labute approximate surface area is 96.1 Å². The number of nitrogens with zero attached hydrogens (tertiary/aromatic N) is 1. The summed E-state index contributed by atoms with van der Waals surface area (Å²) in [5.41, 5.74) is 0.942. The molecule has 2 nitrogen and oxygen atoms in total. The van der Waals surface area contributed by atoms with Gasteiger partial charge in [0.1, 0.15) is 0 Å². The van der Waals surface area contributed by atoms with Gasteiger partial charge in [-0.05, 0) is 42.7 Å². The van der Waals surface area contributed by atoms with Gasteiger partial charge in [-0.15, -0.1) is 11.8 Å². The molecule has 0 unspecified atom stereocenters. The minimum atomic E-state index is -0.405. The molecule has 0 radical (unpaired) electrons. The number of hydrogen-bond donors (Lipinski definition) is 1. The summed E-state index contributed by atoms with van der Waals surface area (Å²) in [5.74, 6) is 1.82. The van der Waals surface area contributed by atoms with Crippen molar-refractivity contribution in [3.05, 3.63) is 23.9 Å². The van der Waals surface area contributed by atoms with Crippen molar-refractivity contribution < 1.29 is 5.11 Å². The zero-order valence-electron chi connectivity index (χ0n) is 9.60. The highest BCUT2D eigenvalue weighted by Gasteiger charge is 2.03. The number of aliphatic hydroxyl groups is 1. The summed E-state index contributed by atoms with van der Waals surface area (Å²) >= 11 is 1.76. The summed E-state index contributed by atoms with van der Waals surface area (Å²) in [5, 5.41) is 10.4. The number of pyridine rings is 1.